The van der Waals surface area contributed by atoms with Gasteiger partial charge in [0, 0.05) is 18.5 Å². The highest BCUT2D eigenvalue weighted by Crippen LogP contribution is 2.30. The van der Waals surface area contributed by atoms with E-state index in [-0.39, 0.29) is 37.3 Å². The molecule has 3 N–H and O–H groups in total. The average Bonchev–Trinajstić information content (AvgIpc) is 2.88. The molecule has 0 aliphatic carbocycles. The molecule has 0 saturated carbocycles. The van der Waals surface area contributed by atoms with E-state index in [0.29, 0.717) is 5.56 Å². The molecule has 0 radical (unpaired) electrons. The van der Waals surface area contributed by atoms with E-state index >= 15 is 0 Å². The van der Waals surface area contributed by atoms with E-state index in [1.807, 2.05) is 6.07 Å². The van der Waals surface area contributed by atoms with Gasteiger partial charge in [-0.3, -0.25) is 14.4 Å². The first-order valence-corrected chi connectivity index (χ1v) is 12.9. The number of nitrogens with zero attached hydrogens (tertiary/aromatic N) is 2. The molecule has 214 valence electrons. The summed E-state index contributed by atoms with van der Waals surface area (Å²) in [5.41, 5.74) is -0.0595. The van der Waals surface area contributed by atoms with Crippen LogP contribution in [-0.2, 0) is 30.3 Å². The van der Waals surface area contributed by atoms with E-state index < -0.39 is 48.1 Å². The van der Waals surface area contributed by atoms with Crippen LogP contribution in [0.15, 0.2) is 54.6 Å². The second kappa shape index (κ2) is 15.1. The highest BCUT2D eigenvalue weighted by molar-refractivity contribution is 5.93. The van der Waals surface area contributed by atoms with E-state index in [2.05, 4.69) is 10.6 Å². The fourth-order valence-corrected chi connectivity index (χ4v) is 3.86. The quantitative estimate of drug-likeness (QED) is 0.268. The van der Waals surface area contributed by atoms with Gasteiger partial charge in [-0.2, -0.15) is 5.26 Å². The van der Waals surface area contributed by atoms with Crippen LogP contribution in [0.4, 0.5) is 4.79 Å². The lowest BCUT2D eigenvalue weighted by molar-refractivity contribution is -0.144. The van der Waals surface area contributed by atoms with Gasteiger partial charge in [0.2, 0.25) is 11.8 Å². The van der Waals surface area contributed by atoms with Crippen molar-refractivity contribution < 1.29 is 33.8 Å². The van der Waals surface area contributed by atoms with Crippen LogP contribution in [0.5, 0.6) is 5.75 Å². The van der Waals surface area contributed by atoms with E-state index in [1.165, 1.54) is 12.1 Å². The molecule has 0 bridgehead atoms. The molecular formula is C29H36N4O7. The fraction of sp³-hybridized carbons (Fsp3) is 0.414. The molecule has 2 aromatic carbocycles. The number of alkyl carbamates (subject to hydrolysis) is 1. The maximum absolute atomic E-state index is 14.0. The molecule has 0 saturated heterocycles. The number of benzene rings is 2. The van der Waals surface area contributed by atoms with Crippen molar-refractivity contribution in [1.29, 1.82) is 5.26 Å². The second-order valence-corrected chi connectivity index (χ2v) is 9.82. The molecule has 2 aromatic rings. The number of nitrogens with one attached hydrogen (secondary N) is 2. The number of phenolic OH excluding ortho intramolecular Hbond substituents is 1. The van der Waals surface area contributed by atoms with Crippen LogP contribution in [-0.4, -0.2) is 65.2 Å². The summed E-state index contributed by atoms with van der Waals surface area (Å²) in [6.45, 7) is 6.25. The van der Waals surface area contributed by atoms with Gasteiger partial charge in [-0.1, -0.05) is 48.5 Å². The van der Waals surface area contributed by atoms with Gasteiger partial charge < -0.3 is 30.1 Å². The molecule has 0 aromatic heterocycles. The number of hydrogen-bond acceptors (Lipinski definition) is 8. The minimum Gasteiger partial charge on any atom is -0.508 e. The summed E-state index contributed by atoms with van der Waals surface area (Å²) in [5.74, 6) is -2.27. The number of amides is 3. The molecule has 0 heterocycles. The third kappa shape index (κ3) is 9.94. The summed E-state index contributed by atoms with van der Waals surface area (Å²) in [6, 6.07) is 14.1. The standard InChI is InChI=1S/C29H36N4O7/c1-5-39-24(35)15-17-31-26(36)25(21-13-9-10-14-23(21)34)33(18-16-30)27(37)22(19-20-11-7-6-8-12-20)32-28(38)40-29(2,3)4/h6-14,22,25,34H,5,15,17-19H2,1-4H3,(H,31,36)(H,32,38). The van der Waals surface area contributed by atoms with Crippen molar-refractivity contribution >= 4 is 23.9 Å². The Balaban J connectivity index is 2.46. The normalized spacial score (nSPS) is 12.3. The second-order valence-electron chi connectivity index (χ2n) is 9.82. The summed E-state index contributed by atoms with van der Waals surface area (Å²) >= 11 is 0. The van der Waals surface area contributed by atoms with Gasteiger partial charge in [0.15, 0.2) is 0 Å². The molecule has 0 spiro atoms. The highest BCUT2D eigenvalue weighted by atomic mass is 16.6. The topological polar surface area (TPSA) is 158 Å². The van der Waals surface area contributed by atoms with Crippen molar-refractivity contribution in [3.8, 4) is 11.8 Å². The molecule has 40 heavy (non-hydrogen) atoms. The zero-order chi connectivity index (χ0) is 29.7. The lowest BCUT2D eigenvalue weighted by Gasteiger charge is -2.33. The van der Waals surface area contributed by atoms with Gasteiger partial charge in [-0.15, -0.1) is 0 Å². The molecule has 11 heteroatoms. The van der Waals surface area contributed by atoms with Crippen LogP contribution in [0.25, 0.3) is 0 Å². The third-order valence-corrected chi connectivity index (χ3v) is 5.52. The SMILES string of the molecule is CCOC(=O)CCNC(=O)C(c1ccccc1O)N(CC#N)C(=O)C(Cc1ccccc1)NC(=O)OC(C)(C)C. The molecule has 0 fully saturated rings. The Morgan fingerprint density at radius 1 is 1.05 bits per heavy atom. The fourth-order valence-electron chi connectivity index (χ4n) is 3.86. The predicted molar refractivity (Wildman–Crippen MR) is 146 cm³/mol. The summed E-state index contributed by atoms with van der Waals surface area (Å²) < 4.78 is 10.2. The number of aromatic hydroxyl groups is 1. The van der Waals surface area contributed by atoms with Crippen molar-refractivity contribution in [3.05, 3.63) is 65.7 Å². The molecular weight excluding hydrogens is 516 g/mol. The van der Waals surface area contributed by atoms with Crippen molar-refractivity contribution in [3.63, 3.8) is 0 Å². The highest BCUT2D eigenvalue weighted by Gasteiger charge is 2.37. The van der Waals surface area contributed by atoms with E-state index in [4.69, 9.17) is 9.47 Å². The number of para-hydroxylation sites is 1. The first-order chi connectivity index (χ1) is 19.0. The summed E-state index contributed by atoms with van der Waals surface area (Å²) in [4.78, 5) is 52.9. The first kappa shape index (κ1) is 31.6. The van der Waals surface area contributed by atoms with Gasteiger partial charge >= 0.3 is 12.1 Å². The van der Waals surface area contributed by atoms with Crippen LogP contribution in [0, 0.1) is 11.3 Å². The van der Waals surface area contributed by atoms with Crippen LogP contribution >= 0.6 is 0 Å². The van der Waals surface area contributed by atoms with E-state index in [1.54, 1.807) is 70.2 Å². The zero-order valence-electron chi connectivity index (χ0n) is 23.2. The molecule has 2 atom stereocenters. The molecule has 2 unspecified atom stereocenters. The van der Waals surface area contributed by atoms with Crippen molar-refractivity contribution in [2.24, 2.45) is 0 Å². The number of carbonyl (C=O) groups excluding carboxylic acids is 4. The molecule has 0 aliphatic rings. The Hall–Kier alpha value is -4.59. The first-order valence-electron chi connectivity index (χ1n) is 12.9. The Morgan fingerprint density at radius 3 is 2.30 bits per heavy atom. The number of rotatable bonds is 12. The Kier molecular flexibility index (Phi) is 12.0. The number of esters is 1. The summed E-state index contributed by atoms with van der Waals surface area (Å²) in [5, 5.41) is 25.4. The monoisotopic (exact) mass is 552 g/mol. The predicted octanol–water partition coefficient (Wildman–Crippen LogP) is 2.99. The van der Waals surface area contributed by atoms with E-state index in [0.717, 1.165) is 4.90 Å². The average molecular weight is 553 g/mol. The van der Waals surface area contributed by atoms with Gasteiger partial charge in [-0.25, -0.2) is 4.79 Å². The third-order valence-electron chi connectivity index (χ3n) is 5.52. The minimum atomic E-state index is -1.45. The van der Waals surface area contributed by atoms with Gasteiger partial charge in [0.1, 0.15) is 30.0 Å². The molecule has 3 amide bonds. The number of ether oxygens (including phenoxy) is 2. The van der Waals surface area contributed by atoms with Crippen LogP contribution in [0.3, 0.4) is 0 Å². The molecule has 11 nitrogen and oxygen atoms in total. The Morgan fingerprint density at radius 2 is 1.70 bits per heavy atom. The van der Waals surface area contributed by atoms with Crippen LogP contribution in [0.2, 0.25) is 0 Å². The Labute approximate surface area is 234 Å². The van der Waals surface area contributed by atoms with Crippen molar-refractivity contribution in [2.75, 3.05) is 19.7 Å². The van der Waals surface area contributed by atoms with Gasteiger partial charge in [-0.05, 0) is 39.3 Å². The largest absolute Gasteiger partial charge is 0.508 e. The molecule has 0 aliphatic heterocycles. The molecule has 2 rings (SSSR count). The summed E-state index contributed by atoms with van der Waals surface area (Å²) in [6.07, 6.45) is -0.925. The summed E-state index contributed by atoms with van der Waals surface area (Å²) in [7, 11) is 0. The minimum absolute atomic E-state index is 0.0405. The number of hydrogen-bond donors (Lipinski definition) is 3. The van der Waals surface area contributed by atoms with Gasteiger partial charge in [0.25, 0.3) is 0 Å². The Bertz CT molecular complexity index is 1200. The lowest BCUT2D eigenvalue weighted by atomic mass is 9.99. The number of phenols is 1. The number of nitriles is 1. The smallest absolute Gasteiger partial charge is 0.408 e. The van der Waals surface area contributed by atoms with E-state index in [9.17, 15) is 29.5 Å². The number of carbonyl (C=O) groups is 4. The van der Waals surface area contributed by atoms with Gasteiger partial charge in [0.05, 0.1) is 19.1 Å². The maximum Gasteiger partial charge on any atom is 0.408 e. The van der Waals surface area contributed by atoms with Crippen LogP contribution in [0.1, 0.15) is 51.3 Å². The van der Waals surface area contributed by atoms with Crippen molar-refractivity contribution in [2.45, 2.75) is 58.2 Å². The lowest BCUT2D eigenvalue weighted by Crippen LogP contribution is -2.54. The van der Waals surface area contributed by atoms with Crippen LogP contribution < -0.4 is 10.6 Å². The zero-order valence-corrected chi connectivity index (χ0v) is 23.2. The van der Waals surface area contributed by atoms with Crippen molar-refractivity contribution in [1.82, 2.24) is 15.5 Å². The maximum atomic E-state index is 14.0.